The van der Waals surface area contributed by atoms with Crippen molar-refractivity contribution in [1.82, 2.24) is 0 Å². The molecule has 1 aromatic rings. The van der Waals surface area contributed by atoms with Gasteiger partial charge in [-0.05, 0) is 46.5 Å². The zero-order valence-corrected chi connectivity index (χ0v) is 9.35. The van der Waals surface area contributed by atoms with Crippen LogP contribution in [0, 0.1) is 0 Å². The monoisotopic (exact) mass is 257 g/mol. The van der Waals surface area contributed by atoms with Gasteiger partial charge in [-0.15, -0.1) is 0 Å². The Labute approximate surface area is 91.0 Å². The summed E-state index contributed by atoms with van der Waals surface area (Å²) in [4.78, 5) is 4.38. The second kappa shape index (κ2) is 3.81. The Morgan fingerprint density at radius 1 is 1.46 bits per heavy atom. The van der Waals surface area contributed by atoms with Crippen LogP contribution in [0.1, 0.15) is 18.4 Å². The van der Waals surface area contributed by atoms with Gasteiger partial charge in [0, 0.05) is 10.7 Å². The quantitative estimate of drug-likeness (QED) is 0.718. The number of aliphatic imine (C=N–C) groups is 1. The summed E-state index contributed by atoms with van der Waals surface area (Å²) in [5.41, 5.74) is 1.07. The van der Waals surface area contributed by atoms with Gasteiger partial charge < -0.3 is 0 Å². The highest BCUT2D eigenvalue weighted by Gasteiger charge is 2.18. The molecular formula is C10H9BrClN. The van der Waals surface area contributed by atoms with Crippen LogP contribution in [0.3, 0.4) is 0 Å². The second-order valence-corrected chi connectivity index (χ2v) is 4.44. The molecule has 0 aliphatic heterocycles. The lowest BCUT2D eigenvalue weighted by atomic mass is 10.2. The molecule has 0 saturated heterocycles. The van der Waals surface area contributed by atoms with Crippen molar-refractivity contribution >= 4 is 33.7 Å². The molecular weight excluding hydrogens is 249 g/mol. The third kappa shape index (κ3) is 2.55. The highest BCUT2D eigenvalue weighted by molar-refractivity contribution is 9.10. The van der Waals surface area contributed by atoms with E-state index in [0.717, 1.165) is 15.1 Å². The van der Waals surface area contributed by atoms with Crippen LogP contribution in [-0.4, -0.2) is 12.3 Å². The van der Waals surface area contributed by atoms with E-state index in [1.54, 1.807) is 0 Å². The number of hydrogen-bond acceptors (Lipinski definition) is 1. The van der Waals surface area contributed by atoms with Crippen LogP contribution < -0.4 is 0 Å². The molecule has 0 unspecified atom stereocenters. The maximum atomic E-state index is 5.94. The largest absolute Gasteiger partial charge is 0.289 e. The van der Waals surface area contributed by atoms with Crippen LogP contribution >= 0.6 is 27.5 Å². The van der Waals surface area contributed by atoms with Crippen LogP contribution in [0.2, 0.25) is 5.02 Å². The van der Waals surface area contributed by atoms with E-state index in [0.29, 0.717) is 6.04 Å². The first-order valence-corrected chi connectivity index (χ1v) is 5.41. The minimum absolute atomic E-state index is 0.572. The fourth-order valence-corrected chi connectivity index (χ4v) is 1.44. The number of benzene rings is 1. The zero-order valence-electron chi connectivity index (χ0n) is 7.00. The fourth-order valence-electron chi connectivity index (χ4n) is 1.01. The lowest BCUT2D eigenvalue weighted by Gasteiger charge is -1.96. The van der Waals surface area contributed by atoms with E-state index in [2.05, 4.69) is 20.9 Å². The normalized spacial score (nSPS) is 16.8. The van der Waals surface area contributed by atoms with Gasteiger partial charge in [0.25, 0.3) is 0 Å². The highest BCUT2D eigenvalue weighted by atomic mass is 79.9. The predicted molar refractivity (Wildman–Crippen MR) is 59.8 cm³/mol. The summed E-state index contributed by atoms with van der Waals surface area (Å²) in [5, 5.41) is 0.736. The summed E-state index contributed by atoms with van der Waals surface area (Å²) >= 11 is 9.28. The van der Waals surface area contributed by atoms with E-state index in [9.17, 15) is 0 Å². The lowest BCUT2D eigenvalue weighted by Crippen LogP contribution is -1.83. The van der Waals surface area contributed by atoms with Gasteiger partial charge in [-0.2, -0.15) is 0 Å². The molecule has 0 spiro atoms. The van der Waals surface area contributed by atoms with Crippen molar-refractivity contribution in [3.05, 3.63) is 33.3 Å². The average Bonchev–Trinajstić information content (AvgIpc) is 2.91. The third-order valence-electron chi connectivity index (χ3n) is 1.92. The van der Waals surface area contributed by atoms with E-state index in [-0.39, 0.29) is 0 Å². The fraction of sp³-hybridized carbons (Fsp3) is 0.300. The molecule has 1 aromatic carbocycles. The molecule has 3 heteroatoms. The maximum absolute atomic E-state index is 5.94. The Morgan fingerprint density at radius 2 is 2.23 bits per heavy atom. The van der Waals surface area contributed by atoms with Crippen molar-refractivity contribution < 1.29 is 0 Å². The molecule has 0 amide bonds. The van der Waals surface area contributed by atoms with E-state index in [1.807, 2.05) is 24.4 Å². The maximum Gasteiger partial charge on any atom is 0.0554 e. The first-order valence-electron chi connectivity index (χ1n) is 4.24. The molecule has 13 heavy (non-hydrogen) atoms. The van der Waals surface area contributed by atoms with E-state index >= 15 is 0 Å². The molecule has 1 saturated carbocycles. The molecule has 0 heterocycles. The van der Waals surface area contributed by atoms with Gasteiger partial charge in [0.15, 0.2) is 0 Å². The molecule has 2 rings (SSSR count). The van der Waals surface area contributed by atoms with Crippen LogP contribution in [-0.2, 0) is 0 Å². The molecule has 0 bridgehead atoms. The van der Waals surface area contributed by atoms with Gasteiger partial charge in [0.05, 0.1) is 11.1 Å². The Kier molecular flexibility index (Phi) is 2.70. The first kappa shape index (κ1) is 9.22. The van der Waals surface area contributed by atoms with Gasteiger partial charge >= 0.3 is 0 Å². The number of halogens is 2. The predicted octanol–water partition coefficient (Wildman–Crippen LogP) is 3.68. The Hall–Kier alpha value is -0.340. The second-order valence-electron chi connectivity index (χ2n) is 3.18. The standard InChI is InChI=1S/C10H9BrClN/c11-9-4-1-7(5-10(9)12)6-13-8-2-3-8/h1,4-6,8H,2-3H2. The van der Waals surface area contributed by atoms with Crippen LogP contribution in [0.15, 0.2) is 27.7 Å². The topological polar surface area (TPSA) is 12.4 Å². The number of nitrogens with zero attached hydrogens (tertiary/aromatic N) is 1. The van der Waals surface area contributed by atoms with Crippen molar-refractivity contribution in [3.8, 4) is 0 Å². The summed E-state index contributed by atoms with van der Waals surface area (Å²) in [7, 11) is 0. The van der Waals surface area contributed by atoms with Gasteiger partial charge in [-0.1, -0.05) is 17.7 Å². The van der Waals surface area contributed by atoms with E-state index in [1.165, 1.54) is 12.8 Å². The minimum atomic E-state index is 0.572. The molecule has 68 valence electrons. The van der Waals surface area contributed by atoms with E-state index in [4.69, 9.17) is 11.6 Å². The summed E-state index contributed by atoms with van der Waals surface area (Å²) in [5.74, 6) is 0. The van der Waals surface area contributed by atoms with Gasteiger partial charge in [-0.25, -0.2) is 0 Å². The van der Waals surface area contributed by atoms with Gasteiger partial charge in [0.1, 0.15) is 0 Å². The molecule has 1 nitrogen and oxygen atoms in total. The molecule has 0 radical (unpaired) electrons. The van der Waals surface area contributed by atoms with Gasteiger partial charge in [0.2, 0.25) is 0 Å². The number of hydrogen-bond donors (Lipinski definition) is 0. The number of rotatable bonds is 2. The van der Waals surface area contributed by atoms with Crippen molar-refractivity contribution in [2.45, 2.75) is 18.9 Å². The van der Waals surface area contributed by atoms with Crippen LogP contribution in [0.25, 0.3) is 0 Å². The SMILES string of the molecule is Clc1cc(C=NC2CC2)ccc1Br. The van der Waals surface area contributed by atoms with Crippen molar-refractivity contribution in [2.24, 2.45) is 4.99 Å². The molecule has 1 aliphatic carbocycles. The Bertz CT molecular complexity index is 345. The average molecular weight is 259 g/mol. The van der Waals surface area contributed by atoms with Crippen molar-refractivity contribution in [2.75, 3.05) is 0 Å². The molecule has 1 fully saturated rings. The summed E-state index contributed by atoms with van der Waals surface area (Å²) < 4.78 is 0.928. The van der Waals surface area contributed by atoms with Crippen LogP contribution in [0.4, 0.5) is 0 Å². The Balaban J connectivity index is 2.15. The molecule has 0 N–H and O–H groups in total. The zero-order chi connectivity index (χ0) is 9.26. The third-order valence-corrected chi connectivity index (χ3v) is 3.16. The summed E-state index contributed by atoms with van der Waals surface area (Å²) in [6, 6.07) is 6.43. The molecule has 0 aromatic heterocycles. The summed E-state index contributed by atoms with van der Waals surface area (Å²) in [6.45, 7) is 0. The van der Waals surface area contributed by atoms with Crippen molar-refractivity contribution in [3.63, 3.8) is 0 Å². The highest BCUT2D eigenvalue weighted by Crippen LogP contribution is 2.25. The summed E-state index contributed by atoms with van der Waals surface area (Å²) in [6.07, 6.45) is 4.37. The van der Waals surface area contributed by atoms with Crippen molar-refractivity contribution in [1.29, 1.82) is 0 Å². The molecule has 1 aliphatic rings. The Morgan fingerprint density at radius 3 is 2.85 bits per heavy atom. The van der Waals surface area contributed by atoms with Crippen LogP contribution in [0.5, 0.6) is 0 Å². The lowest BCUT2D eigenvalue weighted by molar-refractivity contribution is 1.08. The minimum Gasteiger partial charge on any atom is -0.289 e. The molecule has 0 atom stereocenters. The first-order chi connectivity index (χ1) is 6.25. The smallest absolute Gasteiger partial charge is 0.0554 e. The van der Waals surface area contributed by atoms with Gasteiger partial charge in [-0.3, -0.25) is 4.99 Å². The van der Waals surface area contributed by atoms with E-state index < -0.39 is 0 Å².